The SMILES string of the molecule is COC(=O)[C@@]1(C)[C@@H](O)[C@H](O)C2[C@@]3(CO)[C@@H](C[C@H]4C(C)=C(OC(=O)[C@@H](N)CCC(=O)O)C(=O)C[C@]24C)OC(=O)[C@H](OC(=O)C=C(C)C)[C@@H]13. The van der Waals surface area contributed by atoms with Crippen LogP contribution in [0.5, 0.6) is 0 Å². The molecular formula is C32H43NO14. The first-order chi connectivity index (χ1) is 21.8. The van der Waals surface area contributed by atoms with Gasteiger partial charge in [-0.3, -0.25) is 14.4 Å². The van der Waals surface area contributed by atoms with Gasteiger partial charge >= 0.3 is 29.8 Å². The second-order valence-electron chi connectivity index (χ2n) is 13.8. The Morgan fingerprint density at radius 2 is 1.77 bits per heavy atom. The molecule has 0 spiro atoms. The van der Waals surface area contributed by atoms with E-state index in [1.807, 2.05) is 0 Å². The monoisotopic (exact) mass is 665 g/mol. The number of fused-ring (bicyclic) bond motifs is 2. The number of aliphatic hydroxyl groups excluding tert-OH is 3. The maximum Gasteiger partial charge on any atom is 0.348 e. The molecule has 47 heavy (non-hydrogen) atoms. The van der Waals surface area contributed by atoms with Gasteiger partial charge in [-0.15, -0.1) is 0 Å². The number of esters is 4. The maximum atomic E-state index is 13.7. The zero-order valence-electron chi connectivity index (χ0n) is 27.2. The van der Waals surface area contributed by atoms with Gasteiger partial charge in [0.25, 0.3) is 0 Å². The van der Waals surface area contributed by atoms with E-state index >= 15 is 0 Å². The van der Waals surface area contributed by atoms with Crippen LogP contribution in [0.25, 0.3) is 0 Å². The van der Waals surface area contributed by atoms with Crippen molar-refractivity contribution in [3.63, 3.8) is 0 Å². The highest BCUT2D eigenvalue weighted by molar-refractivity contribution is 5.98. The lowest BCUT2D eigenvalue weighted by Crippen LogP contribution is -2.80. The molecule has 0 amide bonds. The average molecular weight is 666 g/mol. The number of rotatable bonds is 9. The summed E-state index contributed by atoms with van der Waals surface area (Å²) in [4.78, 5) is 77.5. The molecule has 0 bridgehead atoms. The smallest absolute Gasteiger partial charge is 0.348 e. The lowest BCUT2D eigenvalue weighted by atomic mass is 9.35. The van der Waals surface area contributed by atoms with Crippen molar-refractivity contribution in [3.8, 4) is 0 Å². The third-order valence-corrected chi connectivity index (χ3v) is 10.8. The van der Waals surface area contributed by atoms with E-state index in [1.165, 1.54) is 13.8 Å². The summed E-state index contributed by atoms with van der Waals surface area (Å²) in [5, 5.41) is 43.9. The fraction of sp³-hybridized carbons (Fsp3) is 0.688. The van der Waals surface area contributed by atoms with Gasteiger partial charge in [-0.25, -0.2) is 14.4 Å². The summed E-state index contributed by atoms with van der Waals surface area (Å²) in [5.41, 5.74) is 1.45. The molecular weight excluding hydrogens is 622 g/mol. The molecule has 15 nitrogen and oxygen atoms in total. The minimum absolute atomic E-state index is 0.0737. The van der Waals surface area contributed by atoms with Gasteiger partial charge in [0.2, 0.25) is 6.10 Å². The van der Waals surface area contributed by atoms with Crippen LogP contribution in [0.15, 0.2) is 23.0 Å². The Bertz CT molecular complexity index is 1430. The van der Waals surface area contributed by atoms with Gasteiger partial charge in [-0.2, -0.15) is 0 Å². The number of aliphatic carboxylic acids is 1. The summed E-state index contributed by atoms with van der Waals surface area (Å²) < 4.78 is 21.9. The van der Waals surface area contributed by atoms with E-state index in [0.717, 1.165) is 13.2 Å². The molecule has 1 saturated heterocycles. The molecule has 4 aliphatic rings. The van der Waals surface area contributed by atoms with Crippen LogP contribution in [0, 0.1) is 34.0 Å². The van der Waals surface area contributed by atoms with Crippen molar-refractivity contribution in [2.75, 3.05) is 13.7 Å². The van der Waals surface area contributed by atoms with E-state index < -0.39 is 113 Å². The van der Waals surface area contributed by atoms with Gasteiger partial charge in [-0.1, -0.05) is 12.5 Å². The fourth-order valence-corrected chi connectivity index (χ4v) is 8.91. The van der Waals surface area contributed by atoms with Crippen LogP contribution in [0.2, 0.25) is 0 Å². The number of ketones is 1. The van der Waals surface area contributed by atoms with E-state index in [-0.39, 0.29) is 30.6 Å². The normalized spacial score (nSPS) is 38.2. The summed E-state index contributed by atoms with van der Waals surface area (Å²) >= 11 is 0. The Hall–Kier alpha value is -3.66. The van der Waals surface area contributed by atoms with Crippen molar-refractivity contribution in [2.24, 2.45) is 39.7 Å². The number of aliphatic hydroxyl groups is 3. The molecule has 1 unspecified atom stereocenters. The molecule has 6 N–H and O–H groups in total. The molecule has 1 heterocycles. The zero-order valence-corrected chi connectivity index (χ0v) is 27.2. The molecule has 11 atom stereocenters. The minimum Gasteiger partial charge on any atom is -0.481 e. The molecule has 0 aromatic carbocycles. The summed E-state index contributed by atoms with van der Waals surface area (Å²) in [6.07, 6.45) is -6.76. The van der Waals surface area contributed by atoms with E-state index in [1.54, 1.807) is 20.8 Å². The summed E-state index contributed by atoms with van der Waals surface area (Å²) in [5.74, 6) is -9.67. The van der Waals surface area contributed by atoms with Crippen molar-refractivity contribution in [1.29, 1.82) is 0 Å². The van der Waals surface area contributed by atoms with Gasteiger partial charge < -0.3 is 45.1 Å². The number of carboxylic acids is 1. The second-order valence-corrected chi connectivity index (χ2v) is 13.8. The van der Waals surface area contributed by atoms with Crippen LogP contribution in [-0.2, 0) is 47.7 Å². The highest BCUT2D eigenvalue weighted by Gasteiger charge is 2.80. The predicted molar refractivity (Wildman–Crippen MR) is 157 cm³/mol. The number of Topliss-reactive ketones (excluding diaryl/α,β-unsaturated/α-hetero) is 1. The van der Waals surface area contributed by atoms with E-state index in [2.05, 4.69) is 0 Å². The quantitative estimate of drug-likeness (QED) is 0.123. The number of hydrogen-bond acceptors (Lipinski definition) is 14. The van der Waals surface area contributed by atoms with Crippen molar-refractivity contribution in [2.45, 2.75) is 90.8 Å². The number of ether oxygens (including phenoxy) is 4. The Labute approximate surface area is 271 Å². The Morgan fingerprint density at radius 3 is 2.32 bits per heavy atom. The van der Waals surface area contributed by atoms with Crippen molar-refractivity contribution in [3.05, 3.63) is 23.0 Å². The van der Waals surface area contributed by atoms with Gasteiger partial charge in [0.05, 0.1) is 25.9 Å². The number of carbonyl (C=O) groups excluding carboxylic acids is 5. The van der Waals surface area contributed by atoms with Crippen LogP contribution >= 0.6 is 0 Å². The van der Waals surface area contributed by atoms with Gasteiger partial charge in [-0.05, 0) is 57.4 Å². The molecule has 0 aromatic rings. The van der Waals surface area contributed by atoms with Gasteiger partial charge in [0.1, 0.15) is 17.6 Å². The standard InChI is InChI=1S/C32H43NO14/c1-13(2)9-20(38)46-23-25-31(5,29(43)44-6)26(40)21(39)24-30(4)11-17(35)22(47-27(41)16(33)7-8-19(36)37)14(3)15(30)10-18(45-28(23)42)32(24,25)12-34/h9,15-16,18,21,23-26,34,39-40H,7-8,10-12,33H2,1-6H3,(H,36,37)/t15-,16-,18+,21+,23+,24?,25-,26-,30-,31+,32+/m0/s1. The Morgan fingerprint density at radius 1 is 1.13 bits per heavy atom. The average Bonchev–Trinajstić information content (AvgIpc) is 2.99. The number of carbonyl (C=O) groups is 6. The summed E-state index contributed by atoms with van der Waals surface area (Å²) in [7, 11) is 1.05. The number of allylic oxidation sites excluding steroid dienone is 3. The Kier molecular flexibility index (Phi) is 9.81. The van der Waals surface area contributed by atoms with Crippen molar-refractivity contribution < 1.29 is 68.1 Å². The lowest BCUT2D eigenvalue weighted by molar-refractivity contribution is -0.326. The first kappa shape index (κ1) is 36.2. The minimum atomic E-state index is -2.11. The molecule has 0 aromatic heterocycles. The molecule has 15 heteroatoms. The number of carboxylic acid groups (broad SMARTS) is 1. The van der Waals surface area contributed by atoms with Crippen LogP contribution in [0.1, 0.15) is 60.3 Å². The highest BCUT2D eigenvalue weighted by Crippen LogP contribution is 2.71. The van der Waals surface area contributed by atoms with E-state index in [4.69, 9.17) is 29.8 Å². The van der Waals surface area contributed by atoms with E-state index in [9.17, 15) is 44.1 Å². The molecule has 260 valence electrons. The second kappa shape index (κ2) is 12.7. The van der Waals surface area contributed by atoms with Crippen molar-refractivity contribution in [1.82, 2.24) is 0 Å². The summed E-state index contributed by atoms with van der Waals surface area (Å²) in [6.45, 7) is 6.87. The molecule has 4 rings (SSSR count). The number of hydrogen-bond donors (Lipinski definition) is 5. The number of nitrogens with two attached hydrogens (primary N) is 1. The first-order valence-electron chi connectivity index (χ1n) is 15.4. The third-order valence-electron chi connectivity index (χ3n) is 10.8. The molecule has 3 aliphatic carbocycles. The summed E-state index contributed by atoms with van der Waals surface area (Å²) in [6, 6.07) is -1.33. The van der Waals surface area contributed by atoms with Crippen LogP contribution in [0.4, 0.5) is 0 Å². The number of methoxy groups -OCH3 is 1. The maximum absolute atomic E-state index is 13.7. The first-order valence-corrected chi connectivity index (χ1v) is 15.4. The predicted octanol–water partition coefficient (Wildman–Crippen LogP) is -0.0761. The highest BCUT2D eigenvalue weighted by atomic mass is 16.6. The van der Waals surface area contributed by atoms with Crippen LogP contribution < -0.4 is 5.73 Å². The van der Waals surface area contributed by atoms with E-state index in [0.29, 0.717) is 5.57 Å². The van der Waals surface area contributed by atoms with Gasteiger partial charge in [0, 0.05) is 36.2 Å². The molecule has 2 saturated carbocycles. The molecule has 1 aliphatic heterocycles. The largest absolute Gasteiger partial charge is 0.481 e. The lowest BCUT2D eigenvalue weighted by Gasteiger charge is -2.70. The zero-order chi connectivity index (χ0) is 35.4. The topological polar surface area (TPSA) is 246 Å². The molecule has 0 radical (unpaired) electrons. The van der Waals surface area contributed by atoms with Crippen molar-refractivity contribution >= 4 is 35.6 Å². The third kappa shape index (κ3) is 5.56. The van der Waals surface area contributed by atoms with Gasteiger partial charge in [0.15, 0.2) is 11.5 Å². The van der Waals surface area contributed by atoms with Crippen LogP contribution in [-0.4, -0.2) is 100 Å². The molecule has 3 fully saturated rings. The fourth-order valence-electron chi connectivity index (χ4n) is 8.91. The Balaban J connectivity index is 1.88. The van der Waals surface area contributed by atoms with Crippen LogP contribution in [0.3, 0.4) is 0 Å².